The number of nitrogens with zero attached hydrogens (tertiary/aromatic N) is 2. The zero-order valence-electron chi connectivity index (χ0n) is 16.1. The number of fused-ring (bicyclic) bond motifs is 1. The topological polar surface area (TPSA) is 16.1 Å². The van der Waals surface area contributed by atoms with Gasteiger partial charge in [0.25, 0.3) is 0 Å². The molecule has 4 aromatic rings. The summed E-state index contributed by atoms with van der Waals surface area (Å²) in [6.07, 6.45) is 2.06. The number of piperidine rings is 1. The van der Waals surface area contributed by atoms with E-state index in [-0.39, 0.29) is 0 Å². The highest BCUT2D eigenvalue weighted by molar-refractivity contribution is 7.16. The number of halogens is 3. The van der Waals surface area contributed by atoms with Gasteiger partial charge in [-0.05, 0) is 48.1 Å². The molecule has 0 radical (unpaired) electrons. The predicted molar refractivity (Wildman–Crippen MR) is 131 cm³/mol. The van der Waals surface area contributed by atoms with Gasteiger partial charge >= 0.3 is 0 Å². The van der Waals surface area contributed by atoms with E-state index in [2.05, 4.69) is 47.4 Å². The summed E-state index contributed by atoms with van der Waals surface area (Å²) in [4.78, 5) is 7.20. The zero-order chi connectivity index (χ0) is 20.7. The Balaban J connectivity index is 1.47. The van der Waals surface area contributed by atoms with Gasteiger partial charge in [-0.3, -0.25) is 0 Å². The molecule has 0 saturated carbocycles. The van der Waals surface area contributed by atoms with E-state index in [4.69, 9.17) is 39.8 Å². The first kappa shape index (κ1) is 20.1. The summed E-state index contributed by atoms with van der Waals surface area (Å²) in [5.74, 6) is 0.420. The van der Waals surface area contributed by atoms with E-state index >= 15 is 0 Å². The molecular formula is C24H19Cl3N2S. The minimum Gasteiger partial charge on any atom is -0.369 e. The largest absolute Gasteiger partial charge is 0.369 e. The van der Waals surface area contributed by atoms with Crippen LogP contribution in [0.25, 0.3) is 21.3 Å². The van der Waals surface area contributed by atoms with E-state index in [1.54, 1.807) is 11.3 Å². The summed E-state index contributed by atoms with van der Waals surface area (Å²) in [7, 11) is 0. The Morgan fingerprint density at radius 3 is 2.30 bits per heavy atom. The fourth-order valence-corrected chi connectivity index (χ4v) is 5.63. The third-order valence-corrected chi connectivity index (χ3v) is 7.84. The van der Waals surface area contributed by atoms with E-state index in [1.165, 1.54) is 27.1 Å². The van der Waals surface area contributed by atoms with Crippen LogP contribution in [0.2, 0.25) is 15.1 Å². The van der Waals surface area contributed by atoms with Crippen LogP contribution in [-0.4, -0.2) is 18.1 Å². The molecule has 0 aliphatic carbocycles. The van der Waals surface area contributed by atoms with E-state index in [9.17, 15) is 0 Å². The molecule has 1 fully saturated rings. The molecule has 1 aliphatic heterocycles. The van der Waals surface area contributed by atoms with Crippen molar-refractivity contribution in [1.82, 2.24) is 4.98 Å². The summed E-state index contributed by atoms with van der Waals surface area (Å²) in [6.45, 7) is 1.91. The number of aromatic nitrogens is 1. The van der Waals surface area contributed by atoms with Gasteiger partial charge in [-0.2, -0.15) is 0 Å². The normalized spacial score (nSPS) is 15.1. The maximum absolute atomic E-state index is 6.27. The van der Waals surface area contributed by atoms with Crippen LogP contribution in [0, 0.1) is 0 Å². The third kappa shape index (κ3) is 3.69. The maximum atomic E-state index is 6.27. The second-order valence-corrected chi connectivity index (χ2v) is 9.67. The average Bonchev–Trinajstić information content (AvgIpc) is 3.26. The third-order valence-electron chi connectivity index (χ3n) is 5.85. The molecule has 0 bridgehead atoms. The zero-order valence-corrected chi connectivity index (χ0v) is 19.2. The van der Waals surface area contributed by atoms with Crippen molar-refractivity contribution in [1.29, 1.82) is 0 Å². The molecule has 1 aliphatic rings. The predicted octanol–water partition coefficient (Wildman–Crippen LogP) is 8.31. The first-order chi connectivity index (χ1) is 14.6. The number of rotatable bonds is 3. The van der Waals surface area contributed by atoms with Gasteiger partial charge in [0.1, 0.15) is 5.52 Å². The molecule has 152 valence electrons. The number of hydrogen-bond acceptors (Lipinski definition) is 3. The van der Waals surface area contributed by atoms with Crippen molar-refractivity contribution in [3.8, 4) is 11.1 Å². The number of hydrogen-bond donors (Lipinski definition) is 0. The standard InChI is InChI=1S/C24H19Cl3N2S/c25-19-12-17(13-20(26)22(19)27)15-8-10-29(11-9-15)24-18(16-4-2-1-3-5-16)6-7-21-23(24)28-14-30-21/h1-7,12-15H,8-11H2. The van der Waals surface area contributed by atoms with Gasteiger partial charge in [0.2, 0.25) is 0 Å². The van der Waals surface area contributed by atoms with Crippen LogP contribution in [-0.2, 0) is 0 Å². The summed E-state index contributed by atoms with van der Waals surface area (Å²) < 4.78 is 1.23. The first-order valence-electron chi connectivity index (χ1n) is 9.93. The molecule has 0 amide bonds. The summed E-state index contributed by atoms with van der Waals surface area (Å²) >= 11 is 20.4. The molecule has 3 aromatic carbocycles. The summed E-state index contributed by atoms with van der Waals surface area (Å²) in [5.41, 5.74) is 7.91. The van der Waals surface area contributed by atoms with Crippen LogP contribution in [0.1, 0.15) is 24.3 Å². The molecule has 0 unspecified atom stereocenters. The Morgan fingerprint density at radius 1 is 0.900 bits per heavy atom. The van der Waals surface area contributed by atoms with Crippen molar-refractivity contribution in [3.05, 3.63) is 80.7 Å². The van der Waals surface area contributed by atoms with Crippen LogP contribution >= 0.6 is 46.1 Å². The van der Waals surface area contributed by atoms with Crippen LogP contribution in [0.15, 0.2) is 60.1 Å². The molecule has 6 heteroatoms. The monoisotopic (exact) mass is 472 g/mol. The first-order valence-corrected chi connectivity index (χ1v) is 11.9. The lowest BCUT2D eigenvalue weighted by molar-refractivity contribution is 0.506. The SMILES string of the molecule is Clc1cc(C2CCN(c3c(-c4ccccc4)ccc4scnc34)CC2)cc(Cl)c1Cl. The smallest absolute Gasteiger partial charge is 0.105 e. The quantitative estimate of drug-likeness (QED) is 0.278. The van der Waals surface area contributed by atoms with E-state index in [0.717, 1.165) is 31.4 Å². The van der Waals surface area contributed by atoms with E-state index < -0.39 is 0 Å². The molecule has 1 saturated heterocycles. The average molecular weight is 474 g/mol. The Hall–Kier alpha value is -1.78. The highest BCUT2D eigenvalue weighted by Gasteiger charge is 2.25. The molecule has 0 atom stereocenters. The van der Waals surface area contributed by atoms with Crippen molar-refractivity contribution in [2.45, 2.75) is 18.8 Å². The lowest BCUT2D eigenvalue weighted by Crippen LogP contribution is -2.33. The van der Waals surface area contributed by atoms with Gasteiger partial charge in [0, 0.05) is 18.7 Å². The Labute approximate surface area is 195 Å². The number of thiazole rings is 1. The molecule has 30 heavy (non-hydrogen) atoms. The fourth-order valence-electron chi connectivity index (χ4n) is 4.33. The lowest BCUT2D eigenvalue weighted by atomic mass is 9.88. The van der Waals surface area contributed by atoms with Crippen LogP contribution in [0.5, 0.6) is 0 Å². The summed E-state index contributed by atoms with van der Waals surface area (Å²) in [5, 5.41) is 1.49. The minimum absolute atomic E-state index is 0.420. The van der Waals surface area contributed by atoms with Crippen molar-refractivity contribution in [3.63, 3.8) is 0 Å². The molecule has 2 nitrogen and oxygen atoms in total. The Bertz CT molecular complexity index is 1170. The van der Waals surface area contributed by atoms with Crippen molar-refractivity contribution < 1.29 is 0 Å². The van der Waals surface area contributed by atoms with Crippen molar-refractivity contribution in [2.75, 3.05) is 18.0 Å². The number of benzene rings is 3. The van der Waals surface area contributed by atoms with Crippen molar-refractivity contribution in [2.24, 2.45) is 0 Å². The Kier molecular flexibility index (Phi) is 5.63. The van der Waals surface area contributed by atoms with Gasteiger partial charge in [0.05, 0.1) is 31.0 Å². The maximum Gasteiger partial charge on any atom is 0.105 e. The highest BCUT2D eigenvalue weighted by atomic mass is 35.5. The van der Waals surface area contributed by atoms with Crippen LogP contribution < -0.4 is 4.90 Å². The number of anilines is 1. The molecule has 2 heterocycles. The molecule has 5 rings (SSSR count). The minimum atomic E-state index is 0.420. The van der Waals surface area contributed by atoms with Gasteiger partial charge in [-0.1, -0.05) is 71.2 Å². The van der Waals surface area contributed by atoms with Gasteiger partial charge in [-0.15, -0.1) is 11.3 Å². The van der Waals surface area contributed by atoms with Crippen molar-refractivity contribution >= 4 is 62.0 Å². The highest BCUT2D eigenvalue weighted by Crippen LogP contribution is 2.42. The second-order valence-electron chi connectivity index (χ2n) is 7.59. The van der Waals surface area contributed by atoms with Gasteiger partial charge in [0.15, 0.2) is 0 Å². The molecule has 0 N–H and O–H groups in total. The van der Waals surface area contributed by atoms with Gasteiger partial charge in [-0.25, -0.2) is 4.98 Å². The molecular weight excluding hydrogens is 455 g/mol. The van der Waals surface area contributed by atoms with Crippen LogP contribution in [0.3, 0.4) is 0 Å². The molecule has 1 aromatic heterocycles. The van der Waals surface area contributed by atoms with Crippen LogP contribution in [0.4, 0.5) is 5.69 Å². The lowest BCUT2D eigenvalue weighted by Gasteiger charge is -2.35. The summed E-state index contributed by atoms with van der Waals surface area (Å²) in [6, 6.07) is 18.9. The second kappa shape index (κ2) is 8.39. The van der Waals surface area contributed by atoms with E-state index in [1.807, 2.05) is 17.6 Å². The molecule has 0 spiro atoms. The van der Waals surface area contributed by atoms with E-state index in [0.29, 0.717) is 21.0 Å². The fraction of sp³-hybridized carbons (Fsp3) is 0.208. The Morgan fingerprint density at radius 2 is 1.60 bits per heavy atom. The van der Waals surface area contributed by atoms with Gasteiger partial charge < -0.3 is 4.90 Å².